The molecule has 1 heterocycles. The Hall–Kier alpha value is -3.42. The predicted molar refractivity (Wildman–Crippen MR) is 152 cm³/mol. The summed E-state index contributed by atoms with van der Waals surface area (Å²) in [5, 5.41) is 11.3. The molecule has 0 bridgehead atoms. The van der Waals surface area contributed by atoms with Gasteiger partial charge in [-0.25, -0.2) is 8.42 Å². The van der Waals surface area contributed by atoms with Crippen LogP contribution < -0.4 is 15.4 Å². The predicted octanol–water partition coefficient (Wildman–Crippen LogP) is 4.14. The molecule has 208 valence electrons. The summed E-state index contributed by atoms with van der Waals surface area (Å²) < 4.78 is 32.6. The van der Waals surface area contributed by atoms with Crippen LogP contribution in [0, 0.1) is 23.7 Å². The average Bonchev–Trinajstić information content (AvgIpc) is 3.57. The van der Waals surface area contributed by atoms with Crippen LogP contribution in [0.3, 0.4) is 0 Å². The van der Waals surface area contributed by atoms with E-state index >= 15 is 0 Å². The molecule has 9 nitrogen and oxygen atoms in total. The van der Waals surface area contributed by atoms with Gasteiger partial charge < -0.3 is 15.5 Å². The number of hydrogen-bond donors (Lipinski definition) is 2. The van der Waals surface area contributed by atoms with Gasteiger partial charge in [0, 0.05) is 23.6 Å². The van der Waals surface area contributed by atoms with Gasteiger partial charge in [-0.05, 0) is 70.1 Å². The van der Waals surface area contributed by atoms with E-state index in [1.807, 2.05) is 32.9 Å². The van der Waals surface area contributed by atoms with Gasteiger partial charge in [0.2, 0.25) is 21.8 Å². The van der Waals surface area contributed by atoms with Crippen molar-refractivity contribution in [1.29, 1.82) is 0 Å². The van der Waals surface area contributed by atoms with Gasteiger partial charge in [0.1, 0.15) is 0 Å². The Balaban J connectivity index is 1.67. The van der Waals surface area contributed by atoms with Crippen LogP contribution >= 0.6 is 0 Å². The van der Waals surface area contributed by atoms with Crippen LogP contribution in [-0.4, -0.2) is 43.4 Å². The maximum Gasteiger partial charge on any atom is 0.252 e. The normalized spacial score (nSPS) is 19.1. The number of amides is 1. The third-order valence-corrected chi connectivity index (χ3v) is 7.83. The fraction of sp³-hybridized carbons (Fsp3) is 0.483. The molecule has 2 aliphatic rings. The molecule has 2 aliphatic carbocycles. The number of rotatable bonds is 10. The summed E-state index contributed by atoms with van der Waals surface area (Å²) in [5.41, 5.74) is 6.76. The first-order valence-electron chi connectivity index (χ1n) is 13.4. The van der Waals surface area contributed by atoms with E-state index in [1.54, 1.807) is 18.2 Å². The standard InChI is InChI=1S/C29H37N5O4S/c1-5-15-34(39(4,36)37)25-17-23(26(35)31-20(2)11-12-21-13-14-21)16-24(18-25)27-32-33-28(38-27)29(3,30)19-22-9-7-6-8-10-22/h6-9,16-18,20-22H,5,10,13-15,19,30H2,1-4H3,(H,31,35)/t20-,22?,29-/m1/s1. The highest BCUT2D eigenvalue weighted by molar-refractivity contribution is 7.92. The number of carbonyl (C=O) groups is 1. The molecular weight excluding hydrogens is 514 g/mol. The van der Waals surface area contributed by atoms with Crippen molar-refractivity contribution in [1.82, 2.24) is 15.5 Å². The number of nitrogens with two attached hydrogens (primary N) is 1. The first-order valence-corrected chi connectivity index (χ1v) is 15.2. The SMILES string of the molecule is CCCN(c1cc(C(=O)N[C@H](C)C#CC2CC2)cc(-c2nnc([C@](C)(N)CC3C=CC=CC3)o2)c1)S(C)(=O)=O. The molecule has 1 amide bonds. The number of nitrogens with zero attached hydrogens (tertiary/aromatic N) is 3. The van der Waals surface area contributed by atoms with Crippen molar-refractivity contribution in [3.8, 4) is 23.3 Å². The lowest BCUT2D eigenvalue weighted by Crippen LogP contribution is -2.35. The Morgan fingerprint density at radius 3 is 2.69 bits per heavy atom. The van der Waals surface area contributed by atoms with Crippen molar-refractivity contribution >= 4 is 21.6 Å². The monoisotopic (exact) mass is 551 g/mol. The fourth-order valence-electron chi connectivity index (χ4n) is 4.47. The van der Waals surface area contributed by atoms with E-state index in [2.05, 4.69) is 39.5 Å². The summed E-state index contributed by atoms with van der Waals surface area (Å²) in [6.45, 7) is 5.81. The van der Waals surface area contributed by atoms with Crippen LogP contribution in [0.2, 0.25) is 0 Å². The molecule has 1 aromatic heterocycles. The third-order valence-electron chi connectivity index (χ3n) is 6.64. The summed E-state index contributed by atoms with van der Waals surface area (Å²) in [7, 11) is -3.61. The Morgan fingerprint density at radius 1 is 1.28 bits per heavy atom. The molecule has 1 unspecified atom stereocenters. The molecule has 2 aromatic rings. The highest BCUT2D eigenvalue weighted by Gasteiger charge is 2.31. The summed E-state index contributed by atoms with van der Waals surface area (Å²) in [4.78, 5) is 13.2. The van der Waals surface area contributed by atoms with Crippen molar-refractivity contribution in [3.05, 3.63) is 54.0 Å². The lowest BCUT2D eigenvalue weighted by atomic mass is 9.86. The van der Waals surface area contributed by atoms with Gasteiger partial charge in [-0.2, -0.15) is 0 Å². The van der Waals surface area contributed by atoms with E-state index < -0.39 is 15.6 Å². The summed E-state index contributed by atoms with van der Waals surface area (Å²) >= 11 is 0. The quantitative estimate of drug-likeness (QED) is 0.424. The van der Waals surface area contributed by atoms with Gasteiger partial charge in [0.25, 0.3) is 5.91 Å². The maximum atomic E-state index is 13.2. The number of sulfonamides is 1. The van der Waals surface area contributed by atoms with E-state index in [9.17, 15) is 13.2 Å². The zero-order valence-corrected chi connectivity index (χ0v) is 23.8. The molecule has 39 heavy (non-hydrogen) atoms. The molecule has 0 saturated heterocycles. The van der Waals surface area contributed by atoms with Gasteiger partial charge >= 0.3 is 0 Å². The molecule has 0 radical (unpaired) electrons. The number of carbonyl (C=O) groups excluding carboxylic acids is 1. The summed E-state index contributed by atoms with van der Waals surface area (Å²) in [5.74, 6) is 6.96. The highest BCUT2D eigenvalue weighted by Crippen LogP contribution is 2.33. The van der Waals surface area contributed by atoms with Crippen molar-refractivity contribution in [3.63, 3.8) is 0 Å². The first-order chi connectivity index (χ1) is 18.5. The first kappa shape index (κ1) is 28.6. The lowest BCUT2D eigenvalue weighted by Gasteiger charge is -2.25. The molecule has 1 fully saturated rings. The summed E-state index contributed by atoms with van der Waals surface area (Å²) in [6.07, 6.45) is 13.6. The Bertz CT molecular complexity index is 1430. The molecule has 4 rings (SSSR count). The molecule has 10 heteroatoms. The van der Waals surface area contributed by atoms with Gasteiger partial charge in [-0.3, -0.25) is 9.10 Å². The Labute approximate surface area is 231 Å². The molecule has 1 saturated carbocycles. The van der Waals surface area contributed by atoms with Crippen LogP contribution in [-0.2, 0) is 15.6 Å². The average molecular weight is 552 g/mol. The minimum atomic E-state index is -3.61. The van der Waals surface area contributed by atoms with Crippen molar-refractivity contribution in [2.24, 2.45) is 17.6 Å². The van der Waals surface area contributed by atoms with Gasteiger partial charge in [0.05, 0.1) is 23.5 Å². The smallest absolute Gasteiger partial charge is 0.252 e. The van der Waals surface area contributed by atoms with E-state index in [4.69, 9.17) is 10.2 Å². The highest BCUT2D eigenvalue weighted by atomic mass is 32.2. The van der Waals surface area contributed by atoms with E-state index in [0.717, 1.165) is 25.5 Å². The zero-order chi connectivity index (χ0) is 28.2. The number of nitrogens with one attached hydrogen (secondary N) is 1. The Morgan fingerprint density at radius 2 is 2.05 bits per heavy atom. The van der Waals surface area contributed by atoms with E-state index in [0.29, 0.717) is 30.0 Å². The number of benzene rings is 1. The van der Waals surface area contributed by atoms with Crippen LogP contribution in [0.5, 0.6) is 0 Å². The van der Waals surface area contributed by atoms with E-state index in [1.165, 1.54) is 4.31 Å². The molecule has 0 aliphatic heterocycles. The number of aromatic nitrogens is 2. The summed E-state index contributed by atoms with van der Waals surface area (Å²) in [6, 6.07) is 4.46. The molecule has 3 N–H and O–H groups in total. The van der Waals surface area contributed by atoms with Crippen LogP contribution in [0.1, 0.15) is 69.1 Å². The number of allylic oxidation sites excluding steroid dienone is 4. The van der Waals surface area contributed by atoms with Crippen molar-refractivity contribution in [2.75, 3.05) is 17.1 Å². The van der Waals surface area contributed by atoms with Crippen LogP contribution in [0.25, 0.3) is 11.5 Å². The molecule has 0 spiro atoms. The second-order valence-electron chi connectivity index (χ2n) is 10.7. The lowest BCUT2D eigenvalue weighted by molar-refractivity contribution is 0.0948. The topological polar surface area (TPSA) is 131 Å². The largest absolute Gasteiger partial charge is 0.419 e. The number of anilines is 1. The van der Waals surface area contributed by atoms with Gasteiger partial charge in [-0.1, -0.05) is 43.1 Å². The number of hydrogen-bond acceptors (Lipinski definition) is 7. The second kappa shape index (κ2) is 11.8. The minimum absolute atomic E-state index is 0.156. The third kappa shape index (κ3) is 7.58. The zero-order valence-electron chi connectivity index (χ0n) is 23.0. The van der Waals surface area contributed by atoms with Gasteiger partial charge in [0.15, 0.2) is 0 Å². The molecular formula is C29H37N5O4S. The maximum absolute atomic E-state index is 13.2. The van der Waals surface area contributed by atoms with Crippen LogP contribution in [0.4, 0.5) is 5.69 Å². The van der Waals surface area contributed by atoms with Crippen LogP contribution in [0.15, 0.2) is 46.9 Å². The Kier molecular flexibility index (Phi) is 8.62. The van der Waals surface area contributed by atoms with E-state index in [-0.39, 0.29) is 41.8 Å². The molecule has 1 aromatic carbocycles. The molecule has 3 atom stereocenters. The van der Waals surface area contributed by atoms with Gasteiger partial charge in [-0.15, -0.1) is 10.2 Å². The fourth-order valence-corrected chi connectivity index (χ4v) is 5.47. The minimum Gasteiger partial charge on any atom is -0.419 e. The second-order valence-corrected chi connectivity index (χ2v) is 12.6. The van der Waals surface area contributed by atoms with Crippen molar-refractivity contribution in [2.45, 2.75) is 64.5 Å². The van der Waals surface area contributed by atoms with Crippen molar-refractivity contribution < 1.29 is 17.6 Å².